The van der Waals surface area contributed by atoms with Crippen LogP contribution < -0.4 is 10.2 Å². The molecule has 250 valence electrons. The highest BCUT2D eigenvalue weighted by molar-refractivity contribution is 6.05. The van der Waals surface area contributed by atoms with Crippen molar-refractivity contribution in [3.8, 4) is 11.3 Å². The van der Waals surface area contributed by atoms with Crippen LogP contribution in [0.5, 0.6) is 0 Å². The summed E-state index contributed by atoms with van der Waals surface area (Å²) in [5.74, 6) is -1.11. The number of fused-ring (bicyclic) bond motifs is 1. The second-order valence-corrected chi connectivity index (χ2v) is 14.8. The van der Waals surface area contributed by atoms with E-state index < -0.39 is 17.3 Å². The molecule has 1 spiro atoms. The minimum Gasteiger partial charge on any atom is -0.389 e. The molecule has 0 atom stereocenters. The highest BCUT2D eigenvalue weighted by Crippen LogP contribution is 2.40. The molecule has 0 saturated carbocycles. The van der Waals surface area contributed by atoms with Crippen molar-refractivity contribution in [2.24, 2.45) is 12.5 Å². The largest absolute Gasteiger partial charge is 0.389 e. The quantitative estimate of drug-likeness (QED) is 0.307. The molecule has 3 fully saturated rings. The average molecular weight is 644 g/mol. The number of aliphatic hydroxyl groups is 1. The number of likely N-dealkylation sites (tertiary alicyclic amines) is 2. The molecule has 7 rings (SSSR count). The number of aryl methyl sites for hydroxylation is 2. The minimum atomic E-state index is -1.09. The summed E-state index contributed by atoms with van der Waals surface area (Å²) in [5, 5.41) is 17.8. The fourth-order valence-electron chi connectivity index (χ4n) is 7.94. The van der Waals surface area contributed by atoms with Gasteiger partial charge in [0.2, 0.25) is 5.95 Å². The first-order chi connectivity index (χ1) is 22.4. The van der Waals surface area contributed by atoms with E-state index in [-0.39, 0.29) is 23.8 Å². The van der Waals surface area contributed by atoms with E-state index in [1.807, 2.05) is 10.6 Å². The Morgan fingerprint density at radius 3 is 2.45 bits per heavy atom. The SMILES string of the molecule is Cc1cc(C(=O)Nc2nc3ccc(N4CCC(N5CCC6(CC5)CN(C)C6)CC4)cc3n2CC(C)(C)O)c(F)c(-c2cnn(C)c2)n1. The molecule has 0 bridgehead atoms. The van der Waals surface area contributed by atoms with Crippen molar-refractivity contribution in [3.63, 3.8) is 0 Å². The number of anilines is 2. The Morgan fingerprint density at radius 2 is 1.81 bits per heavy atom. The number of imidazole rings is 1. The van der Waals surface area contributed by atoms with Gasteiger partial charge in [-0.2, -0.15) is 5.10 Å². The molecular weight excluding hydrogens is 597 g/mol. The molecule has 12 heteroatoms. The summed E-state index contributed by atoms with van der Waals surface area (Å²) in [6.07, 6.45) is 8.08. The van der Waals surface area contributed by atoms with E-state index in [2.05, 4.69) is 49.3 Å². The van der Waals surface area contributed by atoms with Gasteiger partial charge in [-0.1, -0.05) is 0 Å². The maximum Gasteiger partial charge on any atom is 0.261 e. The Bertz CT molecular complexity index is 1780. The summed E-state index contributed by atoms with van der Waals surface area (Å²) in [5.41, 5.74) is 2.99. The van der Waals surface area contributed by atoms with Gasteiger partial charge in [-0.05, 0) is 96.3 Å². The fourth-order valence-corrected chi connectivity index (χ4v) is 7.94. The Kier molecular flexibility index (Phi) is 8.08. The summed E-state index contributed by atoms with van der Waals surface area (Å²) in [6, 6.07) is 8.20. The lowest BCUT2D eigenvalue weighted by molar-refractivity contribution is -0.0419. The molecule has 1 amide bonds. The number of aromatic nitrogens is 5. The maximum absolute atomic E-state index is 15.7. The summed E-state index contributed by atoms with van der Waals surface area (Å²) in [7, 11) is 3.97. The van der Waals surface area contributed by atoms with Crippen LogP contribution in [0.15, 0.2) is 36.7 Å². The van der Waals surface area contributed by atoms with Crippen LogP contribution in [0, 0.1) is 18.2 Å². The predicted octanol–water partition coefficient (Wildman–Crippen LogP) is 4.30. The molecule has 1 aromatic carbocycles. The second-order valence-electron chi connectivity index (χ2n) is 14.8. The lowest BCUT2D eigenvalue weighted by Gasteiger charge is -2.54. The number of piperidine rings is 2. The van der Waals surface area contributed by atoms with Gasteiger partial charge in [-0.25, -0.2) is 14.4 Å². The highest BCUT2D eigenvalue weighted by atomic mass is 19.1. The van der Waals surface area contributed by atoms with Crippen LogP contribution in [-0.4, -0.2) is 103 Å². The smallest absolute Gasteiger partial charge is 0.261 e. The summed E-state index contributed by atoms with van der Waals surface area (Å²) >= 11 is 0. The van der Waals surface area contributed by atoms with Crippen LogP contribution >= 0.6 is 0 Å². The first kappa shape index (κ1) is 31.7. The van der Waals surface area contributed by atoms with Crippen molar-refractivity contribution in [1.29, 1.82) is 0 Å². The van der Waals surface area contributed by atoms with Crippen molar-refractivity contribution in [2.45, 2.75) is 64.6 Å². The minimum absolute atomic E-state index is 0.0667. The molecule has 0 unspecified atom stereocenters. The monoisotopic (exact) mass is 643 g/mol. The zero-order valence-electron chi connectivity index (χ0n) is 28.1. The Hall–Kier alpha value is -3.87. The fraction of sp³-hybridized carbons (Fsp3) is 0.543. The summed E-state index contributed by atoms with van der Waals surface area (Å²) in [4.78, 5) is 30.2. The van der Waals surface area contributed by atoms with Gasteiger partial charge in [0, 0.05) is 62.4 Å². The number of halogens is 1. The second kappa shape index (κ2) is 12.0. The summed E-state index contributed by atoms with van der Waals surface area (Å²) in [6.45, 7) is 12.2. The first-order valence-electron chi connectivity index (χ1n) is 16.7. The lowest BCUT2D eigenvalue weighted by atomic mass is 9.72. The standard InChI is InChI=1S/C35H46FN9O2/c1-23-16-27(30(36)31(38-23)24-18-37-42(5)19-24)32(46)40-33-39-28-7-6-26(17-29(28)45(33)20-34(2,3)47)43-12-8-25(9-13-43)44-14-10-35(11-15-44)21-41(4)22-35/h6-7,16-19,25,47H,8-15,20-22H2,1-5H3,(H,39,40,46). The van der Waals surface area contributed by atoms with Gasteiger partial charge >= 0.3 is 0 Å². The number of benzene rings is 1. The van der Waals surface area contributed by atoms with Crippen molar-refractivity contribution < 1.29 is 14.3 Å². The Labute approximate surface area is 275 Å². The first-order valence-corrected chi connectivity index (χ1v) is 16.7. The number of amides is 1. The molecule has 3 aromatic heterocycles. The van der Waals surface area contributed by atoms with Crippen LogP contribution in [0.4, 0.5) is 16.0 Å². The molecule has 2 N–H and O–H groups in total. The zero-order valence-corrected chi connectivity index (χ0v) is 28.1. The van der Waals surface area contributed by atoms with E-state index in [0.29, 0.717) is 28.2 Å². The normalized spacial score (nSPS) is 19.4. The van der Waals surface area contributed by atoms with Gasteiger partial charge in [0.25, 0.3) is 5.91 Å². The van der Waals surface area contributed by atoms with Crippen molar-refractivity contribution in [2.75, 3.05) is 56.5 Å². The number of rotatable bonds is 7. The van der Waals surface area contributed by atoms with E-state index in [0.717, 1.165) is 37.1 Å². The average Bonchev–Trinajstić information content (AvgIpc) is 3.59. The van der Waals surface area contributed by atoms with Gasteiger partial charge < -0.3 is 24.4 Å². The van der Waals surface area contributed by atoms with Crippen molar-refractivity contribution in [1.82, 2.24) is 34.1 Å². The molecule has 6 heterocycles. The van der Waals surface area contributed by atoms with Crippen LogP contribution in [0.3, 0.4) is 0 Å². The van der Waals surface area contributed by atoms with Gasteiger partial charge in [-0.15, -0.1) is 0 Å². The van der Waals surface area contributed by atoms with Crippen molar-refractivity contribution >= 4 is 28.6 Å². The third-order valence-corrected chi connectivity index (χ3v) is 10.2. The third kappa shape index (κ3) is 6.38. The molecular formula is C35H46FN9O2. The van der Waals surface area contributed by atoms with E-state index in [1.54, 1.807) is 38.7 Å². The van der Waals surface area contributed by atoms with Crippen molar-refractivity contribution in [3.05, 3.63) is 53.7 Å². The van der Waals surface area contributed by atoms with E-state index in [9.17, 15) is 9.90 Å². The Morgan fingerprint density at radius 1 is 1.09 bits per heavy atom. The number of hydrogen-bond acceptors (Lipinski definition) is 8. The third-order valence-electron chi connectivity index (χ3n) is 10.2. The van der Waals surface area contributed by atoms with Gasteiger partial charge in [-0.3, -0.25) is 14.8 Å². The number of nitrogens with one attached hydrogen (secondary N) is 1. The number of nitrogens with zero attached hydrogens (tertiary/aromatic N) is 8. The van der Waals surface area contributed by atoms with E-state index in [4.69, 9.17) is 4.98 Å². The highest BCUT2D eigenvalue weighted by Gasteiger charge is 2.44. The zero-order chi connectivity index (χ0) is 33.1. The molecule has 3 aliphatic heterocycles. The topological polar surface area (TPSA) is 108 Å². The molecule has 4 aromatic rings. The van der Waals surface area contributed by atoms with Gasteiger partial charge in [0.1, 0.15) is 5.69 Å². The van der Waals surface area contributed by atoms with Crippen LogP contribution in [-0.2, 0) is 13.6 Å². The van der Waals surface area contributed by atoms with E-state index >= 15 is 4.39 Å². The lowest BCUT2D eigenvalue weighted by Crippen LogP contribution is -2.60. The van der Waals surface area contributed by atoms with Gasteiger partial charge in [0.15, 0.2) is 5.82 Å². The molecule has 47 heavy (non-hydrogen) atoms. The molecule has 0 aliphatic carbocycles. The van der Waals surface area contributed by atoms with Crippen LogP contribution in [0.2, 0.25) is 0 Å². The molecule has 3 saturated heterocycles. The predicted molar refractivity (Wildman–Crippen MR) is 181 cm³/mol. The summed E-state index contributed by atoms with van der Waals surface area (Å²) < 4.78 is 19.1. The van der Waals surface area contributed by atoms with E-state index in [1.165, 1.54) is 51.3 Å². The molecule has 0 radical (unpaired) electrons. The van der Waals surface area contributed by atoms with Crippen LogP contribution in [0.1, 0.15) is 55.6 Å². The molecule has 11 nitrogen and oxygen atoms in total. The van der Waals surface area contributed by atoms with Crippen LogP contribution in [0.25, 0.3) is 22.3 Å². The number of pyridine rings is 1. The molecule has 3 aliphatic rings. The number of hydrogen-bond donors (Lipinski definition) is 2. The number of carbonyl (C=O) groups excluding carboxylic acids is 1. The number of carbonyl (C=O) groups is 1. The van der Waals surface area contributed by atoms with Gasteiger partial charge in [0.05, 0.1) is 34.9 Å². The Balaban J connectivity index is 1.10. The maximum atomic E-state index is 15.7.